The molecule has 184 valence electrons. The summed E-state index contributed by atoms with van der Waals surface area (Å²) in [5, 5.41) is 7.53. The fourth-order valence-electron chi connectivity index (χ4n) is 5.49. The van der Waals surface area contributed by atoms with E-state index in [0.29, 0.717) is 22.8 Å². The summed E-state index contributed by atoms with van der Waals surface area (Å²) in [4.78, 5) is 32.1. The highest BCUT2D eigenvalue weighted by atomic mass is 16.1. The number of nitrogens with zero attached hydrogens (tertiary/aromatic N) is 6. The Balaban J connectivity index is 1.31. The van der Waals surface area contributed by atoms with Crippen LogP contribution in [-0.4, -0.2) is 35.8 Å². The third kappa shape index (κ3) is 3.29. The molecule has 1 aliphatic heterocycles. The van der Waals surface area contributed by atoms with Gasteiger partial charge in [-0.25, -0.2) is 24.3 Å². The van der Waals surface area contributed by atoms with Crippen molar-refractivity contribution in [2.24, 2.45) is 0 Å². The van der Waals surface area contributed by atoms with Gasteiger partial charge in [-0.15, -0.1) is 0 Å². The van der Waals surface area contributed by atoms with Gasteiger partial charge in [-0.2, -0.15) is 4.98 Å². The van der Waals surface area contributed by atoms with E-state index in [1.54, 1.807) is 17.1 Å². The molecule has 3 aliphatic rings. The van der Waals surface area contributed by atoms with E-state index in [4.69, 9.17) is 9.97 Å². The van der Waals surface area contributed by atoms with Crippen LogP contribution in [-0.2, 0) is 17.4 Å². The summed E-state index contributed by atoms with van der Waals surface area (Å²) in [5.41, 5.74) is 4.38. The van der Waals surface area contributed by atoms with Crippen molar-refractivity contribution in [2.45, 2.75) is 69.9 Å². The molecular weight excluding hydrogens is 452 g/mol. The maximum absolute atomic E-state index is 13.3. The molecule has 9 nitrogen and oxygen atoms in total. The van der Waals surface area contributed by atoms with Crippen LogP contribution >= 0.6 is 0 Å². The lowest BCUT2D eigenvalue weighted by Crippen LogP contribution is -2.36. The number of anilines is 2. The Kier molecular flexibility index (Phi) is 4.49. The van der Waals surface area contributed by atoms with Gasteiger partial charge in [0.15, 0.2) is 11.5 Å². The summed E-state index contributed by atoms with van der Waals surface area (Å²) in [7, 11) is 0. The van der Waals surface area contributed by atoms with Crippen molar-refractivity contribution in [2.75, 3.05) is 11.9 Å². The smallest absolute Gasteiger partial charge is 0.278 e. The van der Waals surface area contributed by atoms with Gasteiger partial charge in [0.1, 0.15) is 11.2 Å². The SMILES string of the molecule is CC(C)n1c(=O)c2cnc(Nc3ccc4c(c3)CCNC43CC3)nc2n1-c1ccnc(C2(C)CC2)n1. The van der Waals surface area contributed by atoms with Crippen LogP contribution in [0, 0.1) is 0 Å². The summed E-state index contributed by atoms with van der Waals surface area (Å²) in [6.07, 6.45) is 8.98. The zero-order valence-corrected chi connectivity index (χ0v) is 20.9. The number of rotatable bonds is 5. The Morgan fingerprint density at radius 1 is 1.08 bits per heavy atom. The highest BCUT2D eigenvalue weighted by molar-refractivity contribution is 5.77. The van der Waals surface area contributed by atoms with Crippen LogP contribution in [0.2, 0.25) is 0 Å². The van der Waals surface area contributed by atoms with E-state index in [2.05, 4.69) is 45.7 Å². The normalized spacial score (nSPS) is 19.0. The predicted octanol–water partition coefficient (Wildman–Crippen LogP) is 3.88. The molecule has 1 aromatic carbocycles. The number of benzene rings is 1. The standard InChI is InChI=1S/C27H30N8O/c1-16(2)34-23(36)19-15-29-25(31-18-4-5-20-17(14-18)6-13-30-27(20)10-11-27)33-22(19)35(34)21-7-12-28-24(32-21)26(3)8-9-26/h4-5,7,12,14-16,30H,6,8-11,13H2,1-3H3,(H,29,31,33). The zero-order valence-electron chi connectivity index (χ0n) is 20.9. The minimum atomic E-state index is -0.125. The van der Waals surface area contributed by atoms with E-state index in [1.165, 1.54) is 24.0 Å². The van der Waals surface area contributed by atoms with Crippen LogP contribution in [0.3, 0.4) is 0 Å². The molecule has 7 rings (SSSR count). The fraction of sp³-hybridized carbons (Fsp3) is 0.444. The van der Waals surface area contributed by atoms with Gasteiger partial charge in [-0.05, 0) is 69.2 Å². The first-order valence-electron chi connectivity index (χ1n) is 12.9. The Bertz CT molecular complexity index is 1570. The average molecular weight is 483 g/mol. The summed E-state index contributed by atoms with van der Waals surface area (Å²) in [6, 6.07) is 8.29. The van der Waals surface area contributed by atoms with Crippen molar-refractivity contribution in [1.29, 1.82) is 0 Å². The molecule has 2 saturated carbocycles. The Morgan fingerprint density at radius 3 is 2.67 bits per heavy atom. The molecule has 2 N–H and O–H groups in total. The maximum Gasteiger partial charge on any atom is 0.278 e. The van der Waals surface area contributed by atoms with E-state index >= 15 is 0 Å². The first kappa shape index (κ1) is 21.7. The molecule has 2 aliphatic carbocycles. The molecular formula is C27H30N8O. The molecule has 0 atom stereocenters. The van der Waals surface area contributed by atoms with Gasteiger partial charge in [0, 0.05) is 47.7 Å². The van der Waals surface area contributed by atoms with Crippen LogP contribution in [0.5, 0.6) is 0 Å². The second-order valence-corrected chi connectivity index (χ2v) is 11.0. The molecule has 4 aromatic rings. The lowest BCUT2D eigenvalue weighted by molar-refractivity contribution is 0.470. The van der Waals surface area contributed by atoms with Crippen LogP contribution in [0.4, 0.5) is 11.6 Å². The fourth-order valence-corrected chi connectivity index (χ4v) is 5.49. The minimum absolute atomic E-state index is 0.0185. The molecule has 0 radical (unpaired) electrons. The van der Waals surface area contributed by atoms with Crippen molar-refractivity contribution in [1.82, 2.24) is 34.6 Å². The Hall–Kier alpha value is -3.59. The maximum atomic E-state index is 13.3. The van der Waals surface area contributed by atoms with Gasteiger partial charge in [0.05, 0.1) is 0 Å². The lowest BCUT2D eigenvalue weighted by Gasteiger charge is -2.27. The predicted molar refractivity (Wildman–Crippen MR) is 138 cm³/mol. The largest absolute Gasteiger partial charge is 0.324 e. The molecule has 0 bridgehead atoms. The van der Waals surface area contributed by atoms with Gasteiger partial charge in [0.2, 0.25) is 5.95 Å². The highest BCUT2D eigenvalue weighted by Gasteiger charge is 2.46. The quantitative estimate of drug-likeness (QED) is 0.445. The van der Waals surface area contributed by atoms with Crippen molar-refractivity contribution in [3.05, 3.63) is 64.0 Å². The van der Waals surface area contributed by atoms with Gasteiger partial charge in [-0.1, -0.05) is 13.0 Å². The molecule has 36 heavy (non-hydrogen) atoms. The van der Waals surface area contributed by atoms with Crippen LogP contribution in [0.1, 0.15) is 69.4 Å². The van der Waals surface area contributed by atoms with E-state index in [0.717, 1.165) is 37.3 Å². The molecule has 3 aromatic heterocycles. The first-order valence-corrected chi connectivity index (χ1v) is 12.9. The Labute approximate surface area is 209 Å². The zero-order chi connectivity index (χ0) is 24.7. The monoisotopic (exact) mass is 482 g/mol. The van der Waals surface area contributed by atoms with Gasteiger partial charge in [-0.3, -0.25) is 4.79 Å². The number of nitrogens with one attached hydrogen (secondary N) is 2. The molecule has 0 amide bonds. The number of aromatic nitrogens is 6. The Morgan fingerprint density at radius 2 is 1.92 bits per heavy atom. The minimum Gasteiger partial charge on any atom is -0.324 e. The highest BCUT2D eigenvalue weighted by Crippen LogP contribution is 2.49. The first-order chi connectivity index (χ1) is 17.4. The third-order valence-electron chi connectivity index (χ3n) is 7.99. The second kappa shape index (κ2) is 7.46. The van der Waals surface area contributed by atoms with E-state index in [9.17, 15) is 4.79 Å². The molecule has 2 fully saturated rings. The van der Waals surface area contributed by atoms with Crippen molar-refractivity contribution in [3.8, 4) is 5.82 Å². The van der Waals surface area contributed by atoms with Crippen molar-refractivity contribution < 1.29 is 0 Å². The van der Waals surface area contributed by atoms with E-state index < -0.39 is 0 Å². The molecule has 4 heterocycles. The summed E-state index contributed by atoms with van der Waals surface area (Å²) >= 11 is 0. The number of fused-ring (bicyclic) bond motifs is 3. The number of hydrogen-bond donors (Lipinski definition) is 2. The molecule has 1 spiro atoms. The molecule has 9 heteroatoms. The molecule has 0 unspecified atom stereocenters. The van der Waals surface area contributed by atoms with E-state index in [-0.39, 0.29) is 22.6 Å². The lowest BCUT2D eigenvalue weighted by atomic mass is 9.92. The number of hydrogen-bond acceptors (Lipinski definition) is 7. The average Bonchev–Trinajstić information content (AvgIpc) is 3.79. The van der Waals surface area contributed by atoms with E-state index in [1.807, 2.05) is 24.6 Å². The van der Waals surface area contributed by atoms with Crippen LogP contribution < -0.4 is 16.2 Å². The van der Waals surface area contributed by atoms with Gasteiger partial charge < -0.3 is 10.6 Å². The second-order valence-electron chi connectivity index (χ2n) is 11.0. The topological polar surface area (TPSA) is 103 Å². The van der Waals surface area contributed by atoms with Crippen LogP contribution in [0.25, 0.3) is 16.9 Å². The van der Waals surface area contributed by atoms with Crippen molar-refractivity contribution >= 4 is 22.7 Å². The van der Waals surface area contributed by atoms with Gasteiger partial charge in [0.25, 0.3) is 5.56 Å². The summed E-state index contributed by atoms with van der Waals surface area (Å²) < 4.78 is 3.52. The third-order valence-corrected chi connectivity index (χ3v) is 7.99. The molecule has 0 saturated heterocycles. The summed E-state index contributed by atoms with van der Waals surface area (Å²) in [5.74, 6) is 1.92. The van der Waals surface area contributed by atoms with Crippen LogP contribution in [0.15, 0.2) is 41.5 Å². The van der Waals surface area contributed by atoms with Gasteiger partial charge >= 0.3 is 0 Å². The summed E-state index contributed by atoms with van der Waals surface area (Å²) in [6.45, 7) is 7.16. The van der Waals surface area contributed by atoms with Crippen molar-refractivity contribution in [3.63, 3.8) is 0 Å².